The van der Waals surface area contributed by atoms with Crippen LogP contribution in [0.5, 0.6) is 0 Å². The van der Waals surface area contributed by atoms with E-state index in [2.05, 4.69) is 17.4 Å². The van der Waals surface area contributed by atoms with Crippen molar-refractivity contribution in [1.29, 1.82) is 0 Å². The average Bonchev–Trinajstić information content (AvgIpc) is 2.75. The lowest BCUT2D eigenvalue weighted by Gasteiger charge is -2.10. The zero-order valence-corrected chi connectivity index (χ0v) is 9.12. The van der Waals surface area contributed by atoms with Crippen molar-refractivity contribution in [1.82, 2.24) is 10.5 Å². The average molecular weight is 208 g/mol. The van der Waals surface area contributed by atoms with Gasteiger partial charge in [-0.15, -0.1) is 0 Å². The molecule has 4 heteroatoms. The van der Waals surface area contributed by atoms with Crippen molar-refractivity contribution in [2.75, 3.05) is 0 Å². The molecule has 0 aromatic carbocycles. The quantitative estimate of drug-likeness (QED) is 0.807. The predicted molar refractivity (Wildman–Crippen MR) is 55.5 cm³/mol. The van der Waals surface area contributed by atoms with Crippen molar-refractivity contribution in [2.24, 2.45) is 5.92 Å². The Labute approximate surface area is 89.0 Å². The van der Waals surface area contributed by atoms with Gasteiger partial charge in [0.05, 0.1) is 0 Å². The molecule has 1 N–H and O–H groups in total. The molecule has 4 nitrogen and oxygen atoms in total. The van der Waals surface area contributed by atoms with E-state index in [1.165, 1.54) is 6.42 Å². The van der Waals surface area contributed by atoms with E-state index >= 15 is 0 Å². The topological polar surface area (TPSA) is 55.1 Å². The SMILES string of the molecule is Cc1cc(C(=O)NC2CCC(C)C2)no1. The summed E-state index contributed by atoms with van der Waals surface area (Å²) in [7, 11) is 0. The van der Waals surface area contributed by atoms with Gasteiger partial charge in [0, 0.05) is 12.1 Å². The third-order valence-electron chi connectivity index (χ3n) is 2.89. The Morgan fingerprint density at radius 1 is 1.60 bits per heavy atom. The van der Waals surface area contributed by atoms with E-state index in [0.29, 0.717) is 23.4 Å². The Morgan fingerprint density at radius 3 is 2.93 bits per heavy atom. The fourth-order valence-corrected chi connectivity index (χ4v) is 2.07. The number of amides is 1. The summed E-state index contributed by atoms with van der Waals surface area (Å²) in [6.07, 6.45) is 3.34. The molecule has 1 aliphatic carbocycles. The van der Waals surface area contributed by atoms with E-state index < -0.39 is 0 Å². The number of rotatable bonds is 2. The summed E-state index contributed by atoms with van der Waals surface area (Å²) in [4.78, 5) is 11.7. The molecular weight excluding hydrogens is 192 g/mol. The molecule has 0 saturated heterocycles. The molecule has 0 aliphatic heterocycles. The van der Waals surface area contributed by atoms with Gasteiger partial charge in [0.1, 0.15) is 5.76 Å². The largest absolute Gasteiger partial charge is 0.361 e. The predicted octanol–water partition coefficient (Wildman–Crippen LogP) is 1.90. The molecular formula is C11H16N2O2. The zero-order chi connectivity index (χ0) is 10.8. The number of hydrogen-bond acceptors (Lipinski definition) is 3. The van der Waals surface area contributed by atoms with Crippen LogP contribution in [0.25, 0.3) is 0 Å². The van der Waals surface area contributed by atoms with Gasteiger partial charge in [-0.05, 0) is 32.1 Å². The maximum Gasteiger partial charge on any atom is 0.273 e. The monoisotopic (exact) mass is 208 g/mol. The van der Waals surface area contributed by atoms with E-state index in [4.69, 9.17) is 4.52 Å². The molecule has 0 spiro atoms. The van der Waals surface area contributed by atoms with Crippen LogP contribution in [0.2, 0.25) is 0 Å². The second-order valence-electron chi connectivity index (χ2n) is 4.41. The van der Waals surface area contributed by atoms with Gasteiger partial charge in [-0.3, -0.25) is 4.79 Å². The minimum atomic E-state index is -0.119. The lowest BCUT2D eigenvalue weighted by Crippen LogP contribution is -2.33. The van der Waals surface area contributed by atoms with Gasteiger partial charge in [0.15, 0.2) is 5.69 Å². The Hall–Kier alpha value is -1.32. The summed E-state index contributed by atoms with van der Waals surface area (Å²) in [6, 6.07) is 1.97. The first-order chi connectivity index (χ1) is 7.15. The highest BCUT2D eigenvalue weighted by molar-refractivity contribution is 5.92. The van der Waals surface area contributed by atoms with Crippen LogP contribution < -0.4 is 5.32 Å². The molecule has 1 fully saturated rings. The summed E-state index contributed by atoms with van der Waals surface area (Å²) in [5.41, 5.74) is 0.382. The molecule has 82 valence electrons. The summed E-state index contributed by atoms with van der Waals surface area (Å²) < 4.78 is 4.86. The van der Waals surface area contributed by atoms with E-state index in [0.717, 1.165) is 12.8 Å². The number of hydrogen-bond donors (Lipinski definition) is 1. The Bertz CT molecular complexity index is 359. The van der Waals surface area contributed by atoms with Crippen LogP contribution in [-0.2, 0) is 0 Å². The van der Waals surface area contributed by atoms with E-state index in [1.807, 2.05) is 0 Å². The number of nitrogens with one attached hydrogen (secondary N) is 1. The summed E-state index contributed by atoms with van der Waals surface area (Å²) in [5.74, 6) is 1.26. The molecule has 1 aliphatic rings. The maximum atomic E-state index is 11.7. The number of carbonyl (C=O) groups excluding carboxylic acids is 1. The second-order valence-corrected chi connectivity index (χ2v) is 4.41. The van der Waals surface area contributed by atoms with Gasteiger partial charge in [-0.1, -0.05) is 12.1 Å². The number of carbonyl (C=O) groups is 1. The van der Waals surface area contributed by atoms with E-state index in [-0.39, 0.29) is 5.91 Å². The maximum absolute atomic E-state index is 11.7. The molecule has 1 aromatic heterocycles. The zero-order valence-electron chi connectivity index (χ0n) is 9.12. The molecule has 1 amide bonds. The van der Waals surface area contributed by atoms with Crippen LogP contribution in [0.15, 0.2) is 10.6 Å². The lowest BCUT2D eigenvalue weighted by molar-refractivity contribution is 0.0928. The molecule has 15 heavy (non-hydrogen) atoms. The van der Waals surface area contributed by atoms with Crippen molar-refractivity contribution in [3.8, 4) is 0 Å². The Kier molecular flexibility index (Phi) is 2.75. The second kappa shape index (κ2) is 4.04. The van der Waals surface area contributed by atoms with Crippen molar-refractivity contribution in [3.05, 3.63) is 17.5 Å². The van der Waals surface area contributed by atoms with Gasteiger partial charge in [-0.25, -0.2) is 0 Å². The highest BCUT2D eigenvalue weighted by Crippen LogP contribution is 2.24. The van der Waals surface area contributed by atoms with Crippen molar-refractivity contribution in [2.45, 2.75) is 39.2 Å². The Balaban J connectivity index is 1.92. The smallest absolute Gasteiger partial charge is 0.273 e. The summed E-state index contributed by atoms with van der Waals surface area (Å²) >= 11 is 0. The molecule has 2 unspecified atom stereocenters. The van der Waals surface area contributed by atoms with Crippen LogP contribution in [0.4, 0.5) is 0 Å². The van der Waals surface area contributed by atoms with Gasteiger partial charge in [0.25, 0.3) is 5.91 Å². The van der Waals surface area contributed by atoms with Crippen LogP contribution >= 0.6 is 0 Å². The van der Waals surface area contributed by atoms with E-state index in [1.54, 1.807) is 13.0 Å². The van der Waals surface area contributed by atoms with Gasteiger partial charge < -0.3 is 9.84 Å². The highest BCUT2D eigenvalue weighted by Gasteiger charge is 2.23. The van der Waals surface area contributed by atoms with Gasteiger partial charge >= 0.3 is 0 Å². The molecule has 0 radical (unpaired) electrons. The molecule has 2 atom stereocenters. The van der Waals surface area contributed by atoms with E-state index in [9.17, 15) is 4.79 Å². The van der Waals surface area contributed by atoms with Crippen LogP contribution in [0.3, 0.4) is 0 Å². The first kappa shape index (κ1) is 10.2. The van der Waals surface area contributed by atoms with Crippen LogP contribution in [0.1, 0.15) is 42.4 Å². The van der Waals surface area contributed by atoms with Gasteiger partial charge in [-0.2, -0.15) is 0 Å². The van der Waals surface area contributed by atoms with Crippen molar-refractivity contribution < 1.29 is 9.32 Å². The van der Waals surface area contributed by atoms with Crippen molar-refractivity contribution >= 4 is 5.91 Å². The standard InChI is InChI=1S/C11H16N2O2/c1-7-3-4-9(5-7)12-11(14)10-6-8(2)15-13-10/h6-7,9H,3-5H2,1-2H3,(H,12,14). The first-order valence-corrected chi connectivity index (χ1v) is 5.39. The number of aromatic nitrogens is 1. The fourth-order valence-electron chi connectivity index (χ4n) is 2.07. The van der Waals surface area contributed by atoms with Gasteiger partial charge in [0.2, 0.25) is 0 Å². The highest BCUT2D eigenvalue weighted by atomic mass is 16.5. The van der Waals surface area contributed by atoms with Crippen LogP contribution in [0, 0.1) is 12.8 Å². The minimum Gasteiger partial charge on any atom is -0.361 e. The summed E-state index contributed by atoms with van der Waals surface area (Å²) in [6.45, 7) is 3.99. The first-order valence-electron chi connectivity index (χ1n) is 5.39. The summed E-state index contributed by atoms with van der Waals surface area (Å²) in [5, 5.41) is 6.67. The van der Waals surface area contributed by atoms with Crippen molar-refractivity contribution in [3.63, 3.8) is 0 Å². The number of nitrogens with zero attached hydrogens (tertiary/aromatic N) is 1. The molecule has 1 aromatic rings. The lowest BCUT2D eigenvalue weighted by atomic mass is 10.1. The fraction of sp³-hybridized carbons (Fsp3) is 0.636. The molecule has 0 bridgehead atoms. The molecule has 2 rings (SSSR count). The third-order valence-corrected chi connectivity index (χ3v) is 2.89. The molecule has 1 heterocycles. The third kappa shape index (κ3) is 2.37. The number of aryl methyl sites for hydroxylation is 1. The Morgan fingerprint density at radius 2 is 2.40 bits per heavy atom. The van der Waals surface area contributed by atoms with Crippen LogP contribution in [-0.4, -0.2) is 17.1 Å². The normalized spacial score (nSPS) is 25.5. The molecule has 1 saturated carbocycles. The minimum absolute atomic E-state index is 0.119.